The summed E-state index contributed by atoms with van der Waals surface area (Å²) >= 11 is 0. The normalized spacial score (nSPS) is 20.4. The molecule has 1 aromatic carbocycles. The zero-order valence-corrected chi connectivity index (χ0v) is 13.0. The zero-order chi connectivity index (χ0) is 15.4. The van der Waals surface area contributed by atoms with Gasteiger partial charge in [-0.25, -0.2) is 0 Å². The molecule has 116 valence electrons. The third kappa shape index (κ3) is 3.92. The van der Waals surface area contributed by atoms with Gasteiger partial charge in [-0.3, -0.25) is 15.0 Å². The number of benzene rings is 1. The summed E-state index contributed by atoms with van der Waals surface area (Å²) in [6.07, 6.45) is 0. The topological polar surface area (TPSA) is 61.7 Å². The predicted molar refractivity (Wildman–Crippen MR) is 84.6 cm³/mol. The number of hydrogen-bond donors (Lipinski definition) is 1. The molecule has 0 bridgehead atoms. The Labute approximate surface area is 125 Å². The van der Waals surface area contributed by atoms with Crippen molar-refractivity contribution in [2.75, 3.05) is 38.5 Å². The molecule has 1 atom stereocenters. The number of piperazine rings is 1. The van der Waals surface area contributed by atoms with Crippen molar-refractivity contribution < 1.29 is 4.92 Å². The summed E-state index contributed by atoms with van der Waals surface area (Å²) in [4.78, 5) is 15.4. The van der Waals surface area contributed by atoms with Gasteiger partial charge in [0.25, 0.3) is 5.69 Å². The smallest absolute Gasteiger partial charge is 0.269 e. The van der Waals surface area contributed by atoms with Crippen molar-refractivity contribution in [1.29, 1.82) is 0 Å². The highest BCUT2D eigenvalue weighted by Crippen LogP contribution is 2.25. The third-order valence-corrected chi connectivity index (χ3v) is 4.01. The number of hydrogen-bond acceptors (Lipinski definition) is 5. The van der Waals surface area contributed by atoms with Gasteiger partial charge in [0, 0.05) is 56.6 Å². The van der Waals surface area contributed by atoms with E-state index in [1.54, 1.807) is 12.1 Å². The van der Waals surface area contributed by atoms with Crippen molar-refractivity contribution in [3.8, 4) is 0 Å². The molecule has 1 N–H and O–H groups in total. The van der Waals surface area contributed by atoms with E-state index in [1.807, 2.05) is 13.0 Å². The van der Waals surface area contributed by atoms with E-state index in [9.17, 15) is 10.1 Å². The molecule has 6 nitrogen and oxygen atoms in total. The third-order valence-electron chi connectivity index (χ3n) is 4.01. The van der Waals surface area contributed by atoms with Gasteiger partial charge in [-0.05, 0) is 32.5 Å². The lowest BCUT2D eigenvalue weighted by atomic mass is 10.1. The van der Waals surface area contributed by atoms with E-state index >= 15 is 0 Å². The molecule has 0 spiro atoms. The van der Waals surface area contributed by atoms with Gasteiger partial charge in [0.15, 0.2) is 0 Å². The number of nitrogens with zero attached hydrogens (tertiary/aromatic N) is 3. The molecule has 1 heterocycles. The first-order valence-corrected chi connectivity index (χ1v) is 7.45. The van der Waals surface area contributed by atoms with Crippen LogP contribution in [0.25, 0.3) is 0 Å². The summed E-state index contributed by atoms with van der Waals surface area (Å²) in [5.41, 5.74) is 2.16. The molecule has 21 heavy (non-hydrogen) atoms. The van der Waals surface area contributed by atoms with Crippen LogP contribution in [0.5, 0.6) is 0 Å². The van der Waals surface area contributed by atoms with Gasteiger partial charge < -0.3 is 10.2 Å². The Hall–Kier alpha value is -1.66. The van der Waals surface area contributed by atoms with Gasteiger partial charge in [0.05, 0.1) is 4.92 Å². The predicted octanol–water partition coefficient (Wildman–Crippen LogP) is 2.16. The quantitative estimate of drug-likeness (QED) is 0.665. The molecule has 1 fully saturated rings. The molecule has 0 aliphatic carbocycles. The highest BCUT2D eigenvalue weighted by atomic mass is 16.6. The summed E-state index contributed by atoms with van der Waals surface area (Å²) < 4.78 is 0. The SMILES string of the molecule is CCNc1ccc([N+](=O)[O-])cc1CN1CCN(C)CC1C. The van der Waals surface area contributed by atoms with Gasteiger partial charge in [0.2, 0.25) is 0 Å². The minimum absolute atomic E-state index is 0.161. The van der Waals surface area contributed by atoms with Crippen LogP contribution in [-0.2, 0) is 6.54 Å². The van der Waals surface area contributed by atoms with E-state index in [0.29, 0.717) is 6.04 Å². The molecule has 0 aromatic heterocycles. The summed E-state index contributed by atoms with van der Waals surface area (Å²) in [7, 11) is 2.13. The molecule has 1 aromatic rings. The zero-order valence-electron chi connectivity index (χ0n) is 13.0. The maximum Gasteiger partial charge on any atom is 0.269 e. The molecule has 0 amide bonds. The number of non-ortho nitro benzene ring substituents is 1. The standard InChI is InChI=1S/C15H24N4O2/c1-4-16-15-6-5-14(19(20)21)9-13(15)11-18-8-7-17(3)10-12(18)2/h5-6,9,12,16H,4,7-8,10-11H2,1-3H3. The van der Waals surface area contributed by atoms with E-state index in [4.69, 9.17) is 0 Å². The van der Waals surface area contributed by atoms with Gasteiger partial charge in [0.1, 0.15) is 0 Å². The maximum atomic E-state index is 11.0. The monoisotopic (exact) mass is 292 g/mol. The minimum Gasteiger partial charge on any atom is -0.385 e. The first-order chi connectivity index (χ1) is 10.0. The van der Waals surface area contributed by atoms with Crippen molar-refractivity contribution in [2.45, 2.75) is 26.4 Å². The summed E-state index contributed by atoms with van der Waals surface area (Å²) in [6.45, 7) is 8.86. The van der Waals surface area contributed by atoms with E-state index in [1.165, 1.54) is 0 Å². The molecule has 1 aliphatic heterocycles. The molecular formula is C15H24N4O2. The van der Waals surface area contributed by atoms with Gasteiger partial charge in [-0.2, -0.15) is 0 Å². The van der Waals surface area contributed by atoms with Crippen LogP contribution in [0.4, 0.5) is 11.4 Å². The highest BCUT2D eigenvalue weighted by Gasteiger charge is 2.23. The fourth-order valence-corrected chi connectivity index (χ4v) is 2.82. The van der Waals surface area contributed by atoms with E-state index in [2.05, 4.69) is 29.1 Å². The van der Waals surface area contributed by atoms with Crippen LogP contribution >= 0.6 is 0 Å². The molecule has 1 unspecified atom stereocenters. The largest absolute Gasteiger partial charge is 0.385 e. The van der Waals surface area contributed by atoms with Crippen LogP contribution in [0.15, 0.2) is 18.2 Å². The second-order valence-electron chi connectivity index (χ2n) is 5.71. The fourth-order valence-electron chi connectivity index (χ4n) is 2.82. The van der Waals surface area contributed by atoms with Crippen molar-refractivity contribution in [3.63, 3.8) is 0 Å². The van der Waals surface area contributed by atoms with E-state index < -0.39 is 0 Å². The van der Waals surface area contributed by atoms with Crippen LogP contribution in [0.3, 0.4) is 0 Å². The number of rotatable bonds is 5. The highest BCUT2D eigenvalue weighted by molar-refractivity contribution is 5.56. The van der Waals surface area contributed by atoms with Crippen LogP contribution in [-0.4, -0.2) is 54.0 Å². The fraction of sp³-hybridized carbons (Fsp3) is 0.600. The number of likely N-dealkylation sites (N-methyl/N-ethyl adjacent to an activating group) is 1. The van der Waals surface area contributed by atoms with Crippen molar-refractivity contribution >= 4 is 11.4 Å². The second-order valence-corrected chi connectivity index (χ2v) is 5.71. The first kappa shape index (κ1) is 15.7. The lowest BCUT2D eigenvalue weighted by Gasteiger charge is -2.38. The molecule has 0 radical (unpaired) electrons. The number of anilines is 1. The first-order valence-electron chi connectivity index (χ1n) is 7.45. The Kier molecular flexibility index (Phi) is 5.14. The van der Waals surface area contributed by atoms with E-state index in [0.717, 1.165) is 44.0 Å². The number of nitro groups is 1. The molecule has 0 saturated carbocycles. The summed E-state index contributed by atoms with van der Waals surface area (Å²) in [5.74, 6) is 0. The van der Waals surface area contributed by atoms with Crippen molar-refractivity contribution in [1.82, 2.24) is 9.80 Å². The second kappa shape index (κ2) is 6.87. The average molecular weight is 292 g/mol. The Morgan fingerprint density at radius 2 is 2.19 bits per heavy atom. The Balaban J connectivity index is 2.20. The van der Waals surface area contributed by atoms with Crippen LogP contribution in [0, 0.1) is 10.1 Å². The Morgan fingerprint density at radius 1 is 1.43 bits per heavy atom. The van der Waals surface area contributed by atoms with Gasteiger partial charge in [-0.1, -0.05) is 0 Å². The van der Waals surface area contributed by atoms with Crippen LogP contribution in [0.2, 0.25) is 0 Å². The molecule has 2 rings (SSSR count). The summed E-state index contributed by atoms with van der Waals surface area (Å²) in [6, 6.07) is 5.54. The lowest BCUT2D eigenvalue weighted by molar-refractivity contribution is -0.384. The van der Waals surface area contributed by atoms with Crippen LogP contribution in [0.1, 0.15) is 19.4 Å². The van der Waals surface area contributed by atoms with Gasteiger partial charge in [-0.15, -0.1) is 0 Å². The average Bonchev–Trinajstić information content (AvgIpc) is 2.43. The molecular weight excluding hydrogens is 268 g/mol. The molecule has 6 heteroatoms. The molecule has 1 saturated heterocycles. The summed E-state index contributed by atoms with van der Waals surface area (Å²) in [5, 5.41) is 14.3. The van der Waals surface area contributed by atoms with Crippen molar-refractivity contribution in [3.05, 3.63) is 33.9 Å². The lowest BCUT2D eigenvalue weighted by Crippen LogP contribution is -2.49. The van der Waals surface area contributed by atoms with Crippen molar-refractivity contribution in [2.24, 2.45) is 0 Å². The number of nitrogens with one attached hydrogen (secondary N) is 1. The Morgan fingerprint density at radius 3 is 2.81 bits per heavy atom. The molecule has 1 aliphatic rings. The van der Waals surface area contributed by atoms with E-state index in [-0.39, 0.29) is 10.6 Å². The minimum atomic E-state index is -0.327. The van der Waals surface area contributed by atoms with Gasteiger partial charge >= 0.3 is 0 Å². The Bertz CT molecular complexity index is 506. The van der Waals surface area contributed by atoms with Crippen LogP contribution < -0.4 is 5.32 Å². The number of nitro benzene ring substituents is 1. The maximum absolute atomic E-state index is 11.0.